The second-order valence-electron chi connectivity index (χ2n) is 9.00. The molecule has 3 N–H and O–H groups in total. The van der Waals surface area contributed by atoms with Crippen LogP contribution in [-0.2, 0) is 6.18 Å². The topological polar surface area (TPSA) is 86.4 Å². The van der Waals surface area contributed by atoms with Gasteiger partial charge in [-0.3, -0.25) is 0 Å². The summed E-state index contributed by atoms with van der Waals surface area (Å²) in [5.41, 5.74) is 6.14. The Balaban J connectivity index is 1.70. The maximum atomic E-state index is 13.3. The van der Waals surface area contributed by atoms with E-state index in [1.807, 2.05) is 20.2 Å². The number of hydrogen-bond acceptors (Lipinski definition) is 8. The fourth-order valence-electron chi connectivity index (χ4n) is 4.16. The zero-order valence-corrected chi connectivity index (χ0v) is 20.4. The van der Waals surface area contributed by atoms with Crippen LogP contribution in [0, 0.1) is 0 Å². The number of nitrogens with two attached hydrogens (primary N) is 1. The Kier molecular flexibility index (Phi) is 6.88. The first-order chi connectivity index (χ1) is 16.5. The maximum Gasteiger partial charge on any atom is 0.416 e. The number of anilines is 4. The van der Waals surface area contributed by atoms with Crippen LogP contribution in [0.2, 0.25) is 0 Å². The summed E-state index contributed by atoms with van der Waals surface area (Å²) in [5, 5.41) is 4.05. The number of fused-ring (bicyclic) bond motifs is 1. The average molecular weight is 489 g/mol. The van der Waals surface area contributed by atoms with E-state index in [1.54, 1.807) is 24.1 Å². The van der Waals surface area contributed by atoms with E-state index < -0.39 is 17.8 Å². The van der Waals surface area contributed by atoms with Gasteiger partial charge < -0.3 is 25.8 Å². The van der Waals surface area contributed by atoms with Crippen LogP contribution in [0.25, 0.3) is 10.9 Å². The Labute approximate surface area is 203 Å². The van der Waals surface area contributed by atoms with Crippen molar-refractivity contribution in [3.8, 4) is 0 Å². The number of rotatable bonds is 6. The molecule has 11 heteroatoms. The molecule has 4 rings (SSSR count). The van der Waals surface area contributed by atoms with Gasteiger partial charge in [-0.15, -0.1) is 0 Å². The molecule has 0 unspecified atom stereocenters. The van der Waals surface area contributed by atoms with E-state index in [0.717, 1.165) is 56.1 Å². The minimum Gasteiger partial charge on any atom is -0.399 e. The Morgan fingerprint density at radius 1 is 1.09 bits per heavy atom. The van der Waals surface area contributed by atoms with Gasteiger partial charge in [-0.25, -0.2) is 9.97 Å². The van der Waals surface area contributed by atoms with Crippen molar-refractivity contribution >= 4 is 34.2 Å². The number of nitrogens with one attached hydrogen (secondary N) is 1. The molecule has 0 amide bonds. The summed E-state index contributed by atoms with van der Waals surface area (Å²) in [6.07, 6.45) is -2.75. The number of pyridine rings is 1. The number of halogens is 3. The predicted molar refractivity (Wildman–Crippen MR) is 134 cm³/mol. The van der Waals surface area contributed by atoms with Crippen LogP contribution < -0.4 is 20.9 Å². The van der Waals surface area contributed by atoms with Crippen molar-refractivity contribution < 1.29 is 13.2 Å². The molecular formula is C24H31F3N8. The number of hydrogen-bond donors (Lipinski definition) is 2. The summed E-state index contributed by atoms with van der Waals surface area (Å²) in [6, 6.07) is 5.06. The van der Waals surface area contributed by atoms with Crippen LogP contribution in [0.4, 0.5) is 36.4 Å². The van der Waals surface area contributed by atoms with Crippen molar-refractivity contribution in [2.45, 2.75) is 26.1 Å². The van der Waals surface area contributed by atoms with E-state index in [0.29, 0.717) is 22.8 Å². The molecule has 0 saturated carbocycles. The average Bonchev–Trinajstić information content (AvgIpc) is 2.82. The summed E-state index contributed by atoms with van der Waals surface area (Å²) in [5.74, 6) is 1.83. The molecule has 0 radical (unpaired) electrons. The normalized spacial score (nSPS) is 15.9. The minimum atomic E-state index is -4.48. The van der Waals surface area contributed by atoms with E-state index in [-0.39, 0.29) is 5.69 Å². The summed E-state index contributed by atoms with van der Waals surface area (Å²) < 4.78 is 40.0. The third kappa shape index (κ3) is 5.50. The first kappa shape index (κ1) is 24.8. The summed E-state index contributed by atoms with van der Waals surface area (Å²) in [4.78, 5) is 20.3. The molecule has 1 aliphatic heterocycles. The molecule has 1 aliphatic rings. The highest BCUT2D eigenvalue weighted by Gasteiger charge is 2.31. The number of nitrogen functional groups attached to an aromatic ring is 1. The highest BCUT2D eigenvalue weighted by molar-refractivity contribution is 5.91. The van der Waals surface area contributed by atoms with Gasteiger partial charge in [-0.2, -0.15) is 18.2 Å². The van der Waals surface area contributed by atoms with Crippen molar-refractivity contribution in [2.75, 3.05) is 67.7 Å². The highest BCUT2D eigenvalue weighted by Crippen LogP contribution is 2.34. The molecule has 1 saturated heterocycles. The van der Waals surface area contributed by atoms with Gasteiger partial charge in [0.05, 0.1) is 23.3 Å². The standard InChI is InChI=1S/C24H31F3N8/c1-5-34-6-8-35(9-7-34)21-13-19-20(14-29-21)31-23(33(3)4)32-22(19)30-15(2)16-10-17(24(25,26)27)12-18(28)11-16/h10-15H,5-9,28H2,1-4H3,(H,30,31,32)/t15-/m1/s1. The quantitative estimate of drug-likeness (QED) is 0.504. The fraction of sp³-hybridized carbons (Fsp3) is 0.458. The number of alkyl halides is 3. The summed E-state index contributed by atoms with van der Waals surface area (Å²) >= 11 is 0. The lowest BCUT2D eigenvalue weighted by Gasteiger charge is -2.34. The molecule has 188 valence electrons. The lowest BCUT2D eigenvalue weighted by atomic mass is 10.0. The number of piperazine rings is 1. The number of nitrogens with zero attached hydrogens (tertiary/aromatic N) is 6. The van der Waals surface area contributed by atoms with Gasteiger partial charge in [0.1, 0.15) is 11.6 Å². The van der Waals surface area contributed by atoms with E-state index in [9.17, 15) is 13.2 Å². The monoisotopic (exact) mass is 488 g/mol. The molecule has 1 aromatic carbocycles. The number of aromatic nitrogens is 3. The van der Waals surface area contributed by atoms with Gasteiger partial charge in [0.25, 0.3) is 0 Å². The van der Waals surface area contributed by atoms with Crippen LogP contribution in [-0.4, -0.2) is 66.7 Å². The van der Waals surface area contributed by atoms with Crippen LogP contribution in [0.5, 0.6) is 0 Å². The third-order valence-electron chi connectivity index (χ3n) is 6.26. The number of likely N-dealkylation sites (N-methyl/N-ethyl adjacent to an activating group) is 1. The van der Waals surface area contributed by atoms with Gasteiger partial charge >= 0.3 is 6.18 Å². The maximum absolute atomic E-state index is 13.3. The predicted octanol–water partition coefficient (Wildman–Crippen LogP) is 4.01. The second kappa shape index (κ2) is 9.73. The fourth-order valence-corrected chi connectivity index (χ4v) is 4.16. The van der Waals surface area contributed by atoms with Crippen molar-refractivity contribution in [1.29, 1.82) is 0 Å². The molecule has 0 spiro atoms. The molecule has 8 nitrogen and oxygen atoms in total. The molecule has 3 heterocycles. The van der Waals surface area contributed by atoms with Crippen LogP contribution >= 0.6 is 0 Å². The van der Waals surface area contributed by atoms with E-state index >= 15 is 0 Å². The van der Waals surface area contributed by atoms with Crippen molar-refractivity contribution in [3.05, 3.63) is 41.6 Å². The van der Waals surface area contributed by atoms with E-state index in [2.05, 4.69) is 37.0 Å². The van der Waals surface area contributed by atoms with Gasteiger partial charge in [0, 0.05) is 51.3 Å². The molecule has 1 fully saturated rings. The van der Waals surface area contributed by atoms with E-state index in [4.69, 9.17) is 5.73 Å². The molecule has 35 heavy (non-hydrogen) atoms. The Bertz CT molecular complexity index is 1190. The minimum absolute atomic E-state index is 0.0581. The van der Waals surface area contributed by atoms with Crippen LogP contribution in [0.3, 0.4) is 0 Å². The van der Waals surface area contributed by atoms with Gasteiger partial charge in [0.2, 0.25) is 5.95 Å². The molecule has 2 aromatic heterocycles. The Morgan fingerprint density at radius 3 is 2.43 bits per heavy atom. The van der Waals surface area contributed by atoms with Gasteiger partial charge in [0.15, 0.2) is 0 Å². The molecule has 0 aliphatic carbocycles. The molecular weight excluding hydrogens is 457 g/mol. The smallest absolute Gasteiger partial charge is 0.399 e. The zero-order chi connectivity index (χ0) is 25.3. The lowest BCUT2D eigenvalue weighted by Crippen LogP contribution is -2.46. The SMILES string of the molecule is CCN1CCN(c2cc3c(N[C@H](C)c4cc(N)cc(C(F)(F)F)c4)nc(N(C)C)nc3cn2)CC1. The molecule has 1 atom stereocenters. The van der Waals surface area contributed by atoms with Crippen molar-refractivity contribution in [3.63, 3.8) is 0 Å². The molecule has 3 aromatic rings. The van der Waals surface area contributed by atoms with Gasteiger partial charge in [-0.1, -0.05) is 6.92 Å². The number of benzene rings is 1. The first-order valence-corrected chi connectivity index (χ1v) is 11.6. The third-order valence-corrected chi connectivity index (χ3v) is 6.26. The largest absolute Gasteiger partial charge is 0.416 e. The Morgan fingerprint density at radius 2 is 1.80 bits per heavy atom. The van der Waals surface area contributed by atoms with Crippen LogP contribution in [0.1, 0.15) is 31.0 Å². The first-order valence-electron chi connectivity index (χ1n) is 11.6. The molecule has 0 bridgehead atoms. The zero-order valence-electron chi connectivity index (χ0n) is 20.4. The summed E-state index contributed by atoms with van der Waals surface area (Å²) in [7, 11) is 3.66. The second-order valence-corrected chi connectivity index (χ2v) is 9.00. The van der Waals surface area contributed by atoms with Crippen molar-refractivity contribution in [1.82, 2.24) is 19.9 Å². The lowest BCUT2D eigenvalue weighted by molar-refractivity contribution is -0.137. The highest BCUT2D eigenvalue weighted by atomic mass is 19.4. The van der Waals surface area contributed by atoms with Crippen molar-refractivity contribution in [2.24, 2.45) is 0 Å². The van der Waals surface area contributed by atoms with Gasteiger partial charge in [-0.05, 0) is 43.3 Å². The summed E-state index contributed by atoms with van der Waals surface area (Å²) in [6.45, 7) is 8.62. The Hall–Kier alpha value is -3.34. The van der Waals surface area contributed by atoms with Crippen LogP contribution in [0.15, 0.2) is 30.5 Å². The van der Waals surface area contributed by atoms with E-state index in [1.165, 1.54) is 0 Å².